The molecule has 0 bridgehead atoms. The first kappa shape index (κ1) is 12.1. The summed E-state index contributed by atoms with van der Waals surface area (Å²) >= 11 is 0. The summed E-state index contributed by atoms with van der Waals surface area (Å²) in [5.74, 6) is 1.70. The van der Waals surface area contributed by atoms with Crippen LogP contribution in [0, 0.1) is 11.7 Å². The van der Waals surface area contributed by atoms with Gasteiger partial charge in [0.15, 0.2) is 0 Å². The van der Waals surface area contributed by atoms with E-state index in [9.17, 15) is 4.39 Å². The van der Waals surface area contributed by atoms with Gasteiger partial charge in [0.05, 0.1) is 6.61 Å². The van der Waals surface area contributed by atoms with Crippen molar-refractivity contribution in [2.75, 3.05) is 6.61 Å². The molecule has 0 unspecified atom stereocenters. The predicted octanol–water partition coefficient (Wildman–Crippen LogP) is 4.03. The van der Waals surface area contributed by atoms with Gasteiger partial charge >= 0.3 is 0 Å². The first-order valence-corrected chi connectivity index (χ1v) is 7.07. The molecule has 1 radical (unpaired) electrons. The number of ether oxygens (including phenoxy) is 1. The van der Waals surface area contributed by atoms with Gasteiger partial charge in [-0.1, -0.05) is 31.5 Å². The van der Waals surface area contributed by atoms with Gasteiger partial charge in [0, 0.05) is 6.07 Å². The highest BCUT2D eigenvalue weighted by atomic mass is 19.1. The van der Waals surface area contributed by atoms with E-state index in [0.717, 1.165) is 37.7 Å². The topological polar surface area (TPSA) is 9.23 Å². The lowest BCUT2D eigenvalue weighted by Gasteiger charge is -2.22. The lowest BCUT2D eigenvalue weighted by Crippen LogP contribution is -2.10. The van der Waals surface area contributed by atoms with E-state index in [0.29, 0.717) is 17.6 Å². The first-order chi connectivity index (χ1) is 8.83. The summed E-state index contributed by atoms with van der Waals surface area (Å²) in [6.07, 6.45) is 6.92. The summed E-state index contributed by atoms with van der Waals surface area (Å²) in [6.45, 7) is 0.747. The third-order valence-electron chi connectivity index (χ3n) is 4.03. The third kappa shape index (κ3) is 2.88. The van der Waals surface area contributed by atoms with Gasteiger partial charge in [0.2, 0.25) is 0 Å². The van der Waals surface area contributed by atoms with Crippen molar-refractivity contribution in [1.82, 2.24) is 0 Å². The Bertz CT molecular complexity index is 411. The Kier molecular flexibility index (Phi) is 3.58. The molecule has 95 valence electrons. The Labute approximate surface area is 109 Å². The first-order valence-electron chi connectivity index (χ1n) is 7.07. The molecule has 0 atom stereocenters. The number of hydrogen-bond donors (Lipinski definition) is 0. The van der Waals surface area contributed by atoms with Gasteiger partial charge in [-0.3, -0.25) is 0 Å². The number of benzene rings is 1. The molecule has 0 amide bonds. The molecule has 1 saturated carbocycles. The van der Waals surface area contributed by atoms with E-state index in [2.05, 4.69) is 7.28 Å². The standard InChI is InChI=1S/C15H19BFO/c17-15-9-13(18-10-11-1-2-11)3-4-14(15)12-5-7-16-8-6-12/h3-4,9,11-12H,1-2,5-8,10H2. The average Bonchev–Trinajstić information content (AvgIpc) is 3.21. The van der Waals surface area contributed by atoms with Crippen LogP contribution in [0.2, 0.25) is 12.6 Å². The van der Waals surface area contributed by atoms with Crippen LogP contribution in [0.3, 0.4) is 0 Å². The van der Waals surface area contributed by atoms with E-state index in [4.69, 9.17) is 4.74 Å². The van der Waals surface area contributed by atoms with E-state index in [-0.39, 0.29) is 5.82 Å². The van der Waals surface area contributed by atoms with E-state index in [1.54, 1.807) is 6.07 Å². The molecule has 0 N–H and O–H groups in total. The normalized spacial score (nSPS) is 20.5. The van der Waals surface area contributed by atoms with Crippen molar-refractivity contribution in [3.8, 4) is 5.75 Å². The second-order valence-electron chi connectivity index (χ2n) is 5.58. The highest BCUT2D eigenvalue weighted by molar-refractivity contribution is 6.35. The second-order valence-corrected chi connectivity index (χ2v) is 5.58. The Hall–Kier alpha value is -0.985. The molecule has 0 spiro atoms. The van der Waals surface area contributed by atoms with E-state index < -0.39 is 0 Å². The fourth-order valence-electron chi connectivity index (χ4n) is 2.67. The molecule has 2 aliphatic rings. The largest absolute Gasteiger partial charge is 0.493 e. The Morgan fingerprint density at radius 2 is 1.94 bits per heavy atom. The monoisotopic (exact) mass is 245 g/mol. The van der Waals surface area contributed by atoms with Gasteiger partial charge in [0.1, 0.15) is 18.8 Å². The third-order valence-corrected chi connectivity index (χ3v) is 4.03. The summed E-state index contributed by atoms with van der Waals surface area (Å²) in [5.41, 5.74) is 0.877. The highest BCUT2D eigenvalue weighted by Crippen LogP contribution is 2.34. The van der Waals surface area contributed by atoms with Crippen LogP contribution in [0.15, 0.2) is 18.2 Å². The number of rotatable bonds is 4. The zero-order chi connectivity index (χ0) is 12.4. The van der Waals surface area contributed by atoms with Crippen molar-refractivity contribution in [3.05, 3.63) is 29.6 Å². The molecule has 1 saturated heterocycles. The fraction of sp³-hybridized carbons (Fsp3) is 0.600. The van der Waals surface area contributed by atoms with Gasteiger partial charge in [-0.2, -0.15) is 0 Å². The van der Waals surface area contributed by atoms with Gasteiger partial charge < -0.3 is 4.74 Å². The maximum Gasteiger partial charge on any atom is 0.130 e. The van der Waals surface area contributed by atoms with Gasteiger partial charge in [-0.25, -0.2) is 4.39 Å². The van der Waals surface area contributed by atoms with Crippen LogP contribution in [0.1, 0.15) is 37.2 Å². The molecular formula is C15H19BFO. The van der Waals surface area contributed by atoms with Crippen LogP contribution >= 0.6 is 0 Å². The molecule has 1 aromatic rings. The smallest absolute Gasteiger partial charge is 0.130 e. The lowest BCUT2D eigenvalue weighted by atomic mass is 9.60. The molecule has 1 nitrogen and oxygen atoms in total. The Balaban J connectivity index is 1.66. The predicted molar refractivity (Wildman–Crippen MR) is 72.0 cm³/mol. The molecule has 1 heterocycles. The van der Waals surface area contributed by atoms with Crippen molar-refractivity contribution in [2.24, 2.45) is 5.92 Å². The quantitative estimate of drug-likeness (QED) is 0.727. The highest BCUT2D eigenvalue weighted by Gasteiger charge is 2.23. The van der Waals surface area contributed by atoms with Gasteiger partial charge in [-0.05, 0) is 36.3 Å². The minimum atomic E-state index is -0.0878. The zero-order valence-corrected chi connectivity index (χ0v) is 10.7. The van der Waals surface area contributed by atoms with Crippen LogP contribution in [-0.2, 0) is 0 Å². The molecule has 1 aromatic carbocycles. The van der Waals surface area contributed by atoms with Crippen molar-refractivity contribution in [3.63, 3.8) is 0 Å². The SMILES string of the molecule is Fc1cc(OCC2CC2)ccc1C1CC[B]CC1. The molecule has 1 aliphatic carbocycles. The summed E-state index contributed by atoms with van der Waals surface area (Å²) < 4.78 is 19.7. The summed E-state index contributed by atoms with van der Waals surface area (Å²) in [6, 6.07) is 5.42. The Morgan fingerprint density at radius 3 is 2.61 bits per heavy atom. The second kappa shape index (κ2) is 5.33. The molecule has 0 aromatic heterocycles. The minimum Gasteiger partial charge on any atom is -0.493 e. The Morgan fingerprint density at radius 1 is 1.17 bits per heavy atom. The fourth-order valence-corrected chi connectivity index (χ4v) is 2.67. The molecule has 3 heteroatoms. The van der Waals surface area contributed by atoms with E-state index in [1.807, 2.05) is 12.1 Å². The number of hydrogen-bond acceptors (Lipinski definition) is 1. The maximum atomic E-state index is 14.1. The summed E-state index contributed by atoms with van der Waals surface area (Å²) in [7, 11) is 2.31. The maximum absolute atomic E-state index is 14.1. The number of halogens is 1. The van der Waals surface area contributed by atoms with Crippen LogP contribution in [0.25, 0.3) is 0 Å². The molecular weight excluding hydrogens is 226 g/mol. The molecule has 2 fully saturated rings. The zero-order valence-electron chi connectivity index (χ0n) is 10.7. The summed E-state index contributed by atoms with van der Waals surface area (Å²) in [4.78, 5) is 0. The minimum absolute atomic E-state index is 0.0878. The summed E-state index contributed by atoms with van der Waals surface area (Å²) in [5, 5.41) is 0. The van der Waals surface area contributed by atoms with Crippen molar-refractivity contribution >= 4 is 7.28 Å². The molecule has 3 rings (SSSR count). The van der Waals surface area contributed by atoms with Gasteiger partial charge in [0.25, 0.3) is 0 Å². The van der Waals surface area contributed by atoms with Gasteiger partial charge in [-0.15, -0.1) is 0 Å². The molecule has 1 aliphatic heterocycles. The lowest BCUT2D eigenvalue weighted by molar-refractivity contribution is 0.298. The van der Waals surface area contributed by atoms with E-state index in [1.165, 1.54) is 12.8 Å². The van der Waals surface area contributed by atoms with Crippen molar-refractivity contribution in [2.45, 2.75) is 44.2 Å². The van der Waals surface area contributed by atoms with E-state index >= 15 is 0 Å². The van der Waals surface area contributed by atoms with Crippen molar-refractivity contribution < 1.29 is 9.13 Å². The van der Waals surface area contributed by atoms with Crippen LogP contribution in [-0.4, -0.2) is 13.9 Å². The van der Waals surface area contributed by atoms with Crippen LogP contribution in [0.5, 0.6) is 5.75 Å². The molecule has 18 heavy (non-hydrogen) atoms. The van der Waals surface area contributed by atoms with Crippen LogP contribution in [0.4, 0.5) is 4.39 Å². The van der Waals surface area contributed by atoms with Crippen LogP contribution < -0.4 is 4.74 Å². The average molecular weight is 245 g/mol. The van der Waals surface area contributed by atoms with Crippen molar-refractivity contribution in [1.29, 1.82) is 0 Å².